The lowest BCUT2D eigenvalue weighted by Crippen LogP contribution is -2.34. The smallest absolute Gasteiger partial charge is 0.107 e. The molecular formula is C17H21Cl2NO3. The van der Waals surface area contributed by atoms with Crippen LogP contribution in [0.5, 0.6) is 0 Å². The molecule has 0 aliphatic carbocycles. The maximum Gasteiger partial charge on any atom is 0.107 e. The summed E-state index contributed by atoms with van der Waals surface area (Å²) in [4.78, 5) is 5.12. The summed E-state index contributed by atoms with van der Waals surface area (Å²) in [6.45, 7) is 2.05. The van der Waals surface area contributed by atoms with Gasteiger partial charge in [-0.05, 0) is 36.1 Å². The molecule has 0 saturated carbocycles. The van der Waals surface area contributed by atoms with Gasteiger partial charge in [-0.25, -0.2) is 0 Å². The lowest BCUT2D eigenvalue weighted by atomic mass is 9.82. The van der Waals surface area contributed by atoms with Crippen LogP contribution in [0, 0.1) is 0 Å². The average molecular weight is 358 g/mol. The van der Waals surface area contributed by atoms with Gasteiger partial charge in [0.2, 0.25) is 0 Å². The standard InChI is InChI=1S/C17H21Cl2NO3/c1-3-14(20-22-2)16-11(7-10-8-15(21)17(16)23-10)9-4-5-12(18)13(19)6-9/h4-6,10-11,15,17,20-21H,3,7-8H2,1-2H3/t10?,11-,15?,17-/m1/s1. The summed E-state index contributed by atoms with van der Waals surface area (Å²) in [6, 6.07) is 5.72. The predicted octanol–water partition coefficient (Wildman–Crippen LogP) is 3.81. The summed E-state index contributed by atoms with van der Waals surface area (Å²) in [5.74, 6) is 0.128. The Morgan fingerprint density at radius 3 is 2.78 bits per heavy atom. The first-order chi connectivity index (χ1) is 11.0. The Balaban J connectivity index is 2.06. The molecule has 0 radical (unpaired) electrons. The van der Waals surface area contributed by atoms with Gasteiger partial charge < -0.3 is 9.84 Å². The molecule has 4 nitrogen and oxygen atoms in total. The first kappa shape index (κ1) is 17.1. The molecule has 4 atom stereocenters. The highest BCUT2D eigenvalue weighted by Crippen LogP contribution is 2.47. The number of nitrogens with one attached hydrogen (secondary N) is 1. The zero-order valence-electron chi connectivity index (χ0n) is 13.2. The number of ether oxygens (including phenoxy) is 1. The normalized spacial score (nSPS) is 32.0. The van der Waals surface area contributed by atoms with E-state index < -0.39 is 6.10 Å². The van der Waals surface area contributed by atoms with Gasteiger partial charge in [0.1, 0.15) is 6.10 Å². The SMILES string of the molecule is CCC(NOC)=C1[C@@H](c2ccc(Cl)c(Cl)c2)CC2CC(O)[C@H]1O2. The van der Waals surface area contributed by atoms with Crippen molar-refractivity contribution in [2.24, 2.45) is 0 Å². The van der Waals surface area contributed by atoms with Crippen molar-refractivity contribution in [3.8, 4) is 0 Å². The highest BCUT2D eigenvalue weighted by atomic mass is 35.5. The number of rotatable bonds is 4. The van der Waals surface area contributed by atoms with Gasteiger partial charge in [0.25, 0.3) is 0 Å². The Kier molecular flexibility index (Phi) is 5.19. The summed E-state index contributed by atoms with van der Waals surface area (Å²) in [7, 11) is 1.59. The Bertz CT molecular complexity index is 620. The Hall–Kier alpha value is -0.780. The lowest BCUT2D eigenvalue weighted by molar-refractivity contribution is 0.000902. The molecule has 0 spiro atoms. The second-order valence-electron chi connectivity index (χ2n) is 6.04. The third-order valence-electron chi connectivity index (χ3n) is 4.65. The Morgan fingerprint density at radius 1 is 1.35 bits per heavy atom. The van der Waals surface area contributed by atoms with Crippen LogP contribution in [-0.4, -0.2) is 30.5 Å². The zero-order chi connectivity index (χ0) is 16.6. The summed E-state index contributed by atoms with van der Waals surface area (Å²) >= 11 is 12.3. The molecule has 2 unspecified atom stereocenters. The van der Waals surface area contributed by atoms with Gasteiger partial charge in [0.05, 0.1) is 29.4 Å². The van der Waals surface area contributed by atoms with E-state index in [1.807, 2.05) is 25.1 Å². The van der Waals surface area contributed by atoms with E-state index >= 15 is 0 Å². The minimum absolute atomic E-state index is 0.0684. The van der Waals surface area contributed by atoms with Gasteiger partial charge in [-0.15, -0.1) is 0 Å². The molecular weight excluding hydrogens is 337 g/mol. The minimum Gasteiger partial charge on any atom is -0.390 e. The van der Waals surface area contributed by atoms with Crippen LogP contribution in [0.2, 0.25) is 10.0 Å². The van der Waals surface area contributed by atoms with Crippen LogP contribution in [0.25, 0.3) is 0 Å². The van der Waals surface area contributed by atoms with E-state index in [9.17, 15) is 5.11 Å². The topological polar surface area (TPSA) is 50.7 Å². The Morgan fingerprint density at radius 2 is 2.13 bits per heavy atom. The molecule has 1 aromatic carbocycles. The lowest BCUT2D eigenvalue weighted by Gasteiger charge is -2.34. The molecule has 0 aromatic heterocycles. The van der Waals surface area contributed by atoms with Crippen molar-refractivity contribution in [2.75, 3.05) is 7.11 Å². The van der Waals surface area contributed by atoms with Crippen LogP contribution >= 0.6 is 23.2 Å². The second-order valence-corrected chi connectivity index (χ2v) is 6.85. The quantitative estimate of drug-likeness (QED) is 0.804. The minimum atomic E-state index is -0.483. The number of allylic oxidation sites excluding steroid dienone is 1. The number of fused-ring (bicyclic) bond motifs is 2. The number of hydrogen-bond donors (Lipinski definition) is 2. The maximum absolute atomic E-state index is 10.4. The van der Waals surface area contributed by atoms with Crippen LogP contribution in [0.1, 0.15) is 37.7 Å². The first-order valence-corrected chi connectivity index (χ1v) is 8.61. The molecule has 2 fully saturated rings. The van der Waals surface area contributed by atoms with Crippen LogP contribution in [0.3, 0.4) is 0 Å². The zero-order valence-corrected chi connectivity index (χ0v) is 14.7. The van der Waals surface area contributed by atoms with Crippen molar-refractivity contribution in [2.45, 2.75) is 50.4 Å². The molecule has 2 aliphatic heterocycles. The summed E-state index contributed by atoms with van der Waals surface area (Å²) in [5.41, 5.74) is 6.05. The number of hydrogen-bond acceptors (Lipinski definition) is 4. The van der Waals surface area contributed by atoms with E-state index in [-0.39, 0.29) is 18.1 Å². The van der Waals surface area contributed by atoms with Gasteiger partial charge in [0, 0.05) is 18.0 Å². The van der Waals surface area contributed by atoms with E-state index in [1.54, 1.807) is 7.11 Å². The van der Waals surface area contributed by atoms with E-state index in [4.69, 9.17) is 32.8 Å². The molecule has 2 saturated heterocycles. The fourth-order valence-corrected chi connectivity index (χ4v) is 3.96. The van der Waals surface area contributed by atoms with Crippen molar-refractivity contribution in [1.82, 2.24) is 5.48 Å². The molecule has 23 heavy (non-hydrogen) atoms. The van der Waals surface area contributed by atoms with Crippen LogP contribution in [0.15, 0.2) is 29.5 Å². The molecule has 3 rings (SSSR count). The highest BCUT2D eigenvalue weighted by molar-refractivity contribution is 6.42. The molecule has 2 heterocycles. The number of aliphatic hydroxyl groups is 1. The summed E-state index contributed by atoms with van der Waals surface area (Å²) in [5, 5.41) is 11.5. The number of hydroxylamine groups is 1. The van der Waals surface area contributed by atoms with Crippen LogP contribution in [-0.2, 0) is 9.57 Å². The van der Waals surface area contributed by atoms with Crippen molar-refractivity contribution in [3.05, 3.63) is 45.1 Å². The largest absolute Gasteiger partial charge is 0.390 e. The number of halogens is 2. The van der Waals surface area contributed by atoms with E-state index in [1.165, 1.54) is 0 Å². The van der Waals surface area contributed by atoms with Crippen molar-refractivity contribution < 1.29 is 14.7 Å². The molecule has 2 aliphatic rings. The van der Waals surface area contributed by atoms with E-state index in [2.05, 4.69) is 5.48 Å². The molecule has 126 valence electrons. The summed E-state index contributed by atoms with van der Waals surface area (Å²) in [6.07, 6.45) is 1.52. The van der Waals surface area contributed by atoms with Crippen molar-refractivity contribution in [1.29, 1.82) is 0 Å². The molecule has 0 amide bonds. The fourth-order valence-electron chi connectivity index (χ4n) is 3.65. The number of benzene rings is 1. The molecule has 2 N–H and O–H groups in total. The third-order valence-corrected chi connectivity index (χ3v) is 5.39. The molecule has 6 heteroatoms. The fraction of sp³-hybridized carbons (Fsp3) is 0.529. The average Bonchev–Trinajstić information content (AvgIpc) is 2.83. The Labute approximate surface area is 146 Å². The van der Waals surface area contributed by atoms with Crippen molar-refractivity contribution in [3.63, 3.8) is 0 Å². The maximum atomic E-state index is 10.4. The summed E-state index contributed by atoms with van der Waals surface area (Å²) < 4.78 is 5.99. The van der Waals surface area contributed by atoms with Crippen molar-refractivity contribution >= 4 is 23.2 Å². The van der Waals surface area contributed by atoms with Gasteiger partial charge in [-0.3, -0.25) is 10.3 Å². The van der Waals surface area contributed by atoms with Gasteiger partial charge in [-0.2, -0.15) is 0 Å². The predicted molar refractivity (Wildman–Crippen MR) is 90.6 cm³/mol. The van der Waals surface area contributed by atoms with E-state index in [0.29, 0.717) is 16.5 Å². The number of aliphatic hydroxyl groups excluding tert-OH is 1. The van der Waals surface area contributed by atoms with E-state index in [0.717, 1.165) is 29.7 Å². The van der Waals surface area contributed by atoms with Crippen LogP contribution in [0.4, 0.5) is 0 Å². The first-order valence-electron chi connectivity index (χ1n) is 7.85. The van der Waals surface area contributed by atoms with Gasteiger partial charge in [0.15, 0.2) is 0 Å². The third kappa shape index (κ3) is 3.24. The molecule has 2 bridgehead atoms. The van der Waals surface area contributed by atoms with Crippen LogP contribution < -0.4 is 5.48 Å². The second kappa shape index (κ2) is 6.99. The molecule has 1 aromatic rings. The monoisotopic (exact) mass is 357 g/mol. The van der Waals surface area contributed by atoms with Gasteiger partial charge in [-0.1, -0.05) is 36.2 Å². The highest BCUT2D eigenvalue weighted by Gasteiger charge is 2.46. The van der Waals surface area contributed by atoms with Gasteiger partial charge >= 0.3 is 0 Å².